The maximum atomic E-state index is 13.1. The fraction of sp³-hybridized carbons (Fsp3) is 0.333. The summed E-state index contributed by atoms with van der Waals surface area (Å²) in [4.78, 5) is 16.4. The van der Waals surface area contributed by atoms with Crippen LogP contribution in [0, 0.1) is 5.92 Å². The lowest BCUT2D eigenvalue weighted by Gasteiger charge is -2.28. The highest BCUT2D eigenvalue weighted by molar-refractivity contribution is 7.80. The third kappa shape index (κ3) is 4.94. The van der Waals surface area contributed by atoms with E-state index < -0.39 is 11.7 Å². The summed E-state index contributed by atoms with van der Waals surface area (Å²) < 4.78 is 39.3. The minimum Gasteiger partial charge on any atom is -0.376 e. The van der Waals surface area contributed by atoms with Crippen molar-refractivity contribution in [3.63, 3.8) is 0 Å². The molecule has 0 saturated carbocycles. The molecule has 2 aromatic carbocycles. The zero-order valence-corrected chi connectivity index (χ0v) is 16.8. The molecule has 0 spiro atoms. The molecule has 0 unspecified atom stereocenters. The van der Waals surface area contributed by atoms with Gasteiger partial charge in [-0.15, -0.1) is 0 Å². The number of carbonyl (C=O) groups excluding carboxylic acids is 1. The molecule has 8 heteroatoms. The van der Waals surface area contributed by atoms with Gasteiger partial charge in [-0.2, -0.15) is 13.2 Å². The molecule has 1 aliphatic heterocycles. The summed E-state index contributed by atoms with van der Waals surface area (Å²) >= 11 is 5.10. The monoisotopic (exact) mass is 421 g/mol. The maximum absolute atomic E-state index is 13.1. The van der Waals surface area contributed by atoms with Gasteiger partial charge >= 0.3 is 6.18 Å². The van der Waals surface area contributed by atoms with Crippen LogP contribution in [0.5, 0.6) is 0 Å². The number of anilines is 2. The average Bonchev–Trinajstić information content (AvgIpc) is 2.68. The van der Waals surface area contributed by atoms with Gasteiger partial charge in [0.1, 0.15) is 0 Å². The van der Waals surface area contributed by atoms with Gasteiger partial charge in [0.25, 0.3) is 0 Å². The number of thiocarbonyl (C=S) groups is 1. The fourth-order valence-electron chi connectivity index (χ4n) is 3.53. The second-order valence-corrected chi connectivity index (χ2v) is 7.63. The lowest BCUT2D eigenvalue weighted by molar-refractivity contribution is -0.137. The Labute approximate surface area is 173 Å². The van der Waals surface area contributed by atoms with Crippen molar-refractivity contribution < 1.29 is 18.0 Å². The third-order valence-corrected chi connectivity index (χ3v) is 5.31. The molecule has 0 atom stereocenters. The number of benzene rings is 2. The number of Topliss-reactive ketones (excluding diaryl/α,β-unsaturated/α-hetero) is 1. The summed E-state index contributed by atoms with van der Waals surface area (Å²) in [6, 6.07) is 11.5. The molecule has 154 valence electrons. The molecule has 4 nitrogen and oxygen atoms in total. The van der Waals surface area contributed by atoms with E-state index in [9.17, 15) is 18.0 Å². The summed E-state index contributed by atoms with van der Waals surface area (Å²) in [5, 5.41) is -0.104. The zero-order chi connectivity index (χ0) is 21.2. The van der Waals surface area contributed by atoms with E-state index in [0.29, 0.717) is 11.3 Å². The van der Waals surface area contributed by atoms with E-state index in [4.69, 9.17) is 18.0 Å². The summed E-state index contributed by atoms with van der Waals surface area (Å²) in [6.45, 7) is 1.72. The Bertz CT molecular complexity index is 908. The van der Waals surface area contributed by atoms with Crippen LogP contribution in [0.25, 0.3) is 0 Å². The molecule has 1 fully saturated rings. The molecule has 29 heavy (non-hydrogen) atoms. The van der Waals surface area contributed by atoms with Gasteiger partial charge in [-0.25, -0.2) is 0 Å². The van der Waals surface area contributed by atoms with Crippen molar-refractivity contribution in [1.29, 1.82) is 0 Å². The molecule has 1 heterocycles. The average molecular weight is 421 g/mol. The lowest BCUT2D eigenvalue weighted by atomic mass is 9.89. The number of nitrogens with two attached hydrogens (primary N) is 1. The molecule has 1 aliphatic rings. The van der Waals surface area contributed by atoms with Crippen LogP contribution in [0.15, 0.2) is 48.5 Å². The van der Waals surface area contributed by atoms with Gasteiger partial charge in [0.2, 0.25) is 0 Å². The van der Waals surface area contributed by atoms with Gasteiger partial charge in [-0.3, -0.25) is 9.69 Å². The molecule has 3 rings (SSSR count). The van der Waals surface area contributed by atoms with Gasteiger partial charge in [0, 0.05) is 22.9 Å². The van der Waals surface area contributed by atoms with Crippen molar-refractivity contribution in [3.05, 3.63) is 59.7 Å². The van der Waals surface area contributed by atoms with Gasteiger partial charge < -0.3 is 10.6 Å². The van der Waals surface area contributed by atoms with Crippen LogP contribution >= 0.6 is 12.2 Å². The molecule has 1 saturated heterocycles. The zero-order valence-electron chi connectivity index (χ0n) is 15.9. The molecular formula is C21H22F3N3OS. The third-order valence-electron chi connectivity index (χ3n) is 5.13. The van der Waals surface area contributed by atoms with Crippen LogP contribution in [0.2, 0.25) is 0 Å². The minimum absolute atomic E-state index is 0.0342. The molecular weight excluding hydrogens is 399 g/mol. The van der Waals surface area contributed by atoms with Crippen LogP contribution in [0.4, 0.5) is 24.5 Å². The van der Waals surface area contributed by atoms with Crippen LogP contribution in [-0.2, 0) is 6.18 Å². The topological polar surface area (TPSA) is 49.6 Å². The number of likely N-dealkylation sites (tertiary alicyclic amines) is 1. The normalized spacial score (nSPS) is 15.9. The first-order valence-electron chi connectivity index (χ1n) is 9.26. The predicted molar refractivity (Wildman–Crippen MR) is 111 cm³/mol. The SMILES string of the molecule is CN1CCC(C(=O)c2cccc(N(C(N)=S)c3cccc(C(F)(F)F)c3)c2)CC1. The maximum Gasteiger partial charge on any atom is 0.416 e. The van der Waals surface area contributed by atoms with E-state index in [2.05, 4.69) is 4.90 Å². The van der Waals surface area contributed by atoms with Gasteiger partial charge in [-0.05, 0) is 75.5 Å². The first-order valence-corrected chi connectivity index (χ1v) is 9.67. The van der Waals surface area contributed by atoms with E-state index in [1.165, 1.54) is 17.0 Å². The van der Waals surface area contributed by atoms with E-state index in [1.807, 2.05) is 7.05 Å². The Morgan fingerprint density at radius 3 is 2.28 bits per heavy atom. The van der Waals surface area contributed by atoms with Crippen molar-refractivity contribution in [2.75, 3.05) is 25.0 Å². The summed E-state index contributed by atoms with van der Waals surface area (Å²) in [5.41, 5.74) is 6.18. The second-order valence-electron chi connectivity index (χ2n) is 7.21. The van der Waals surface area contributed by atoms with Crippen molar-refractivity contribution in [2.24, 2.45) is 11.7 Å². The number of rotatable bonds is 4. The number of carbonyl (C=O) groups is 1. The number of ketones is 1. The number of halogens is 3. The number of nitrogens with zero attached hydrogens (tertiary/aromatic N) is 2. The number of hydrogen-bond donors (Lipinski definition) is 1. The number of piperidine rings is 1. The summed E-state index contributed by atoms with van der Waals surface area (Å²) in [5.74, 6) is -0.0276. The molecule has 0 radical (unpaired) electrons. The predicted octanol–water partition coefficient (Wildman–Crippen LogP) is 4.61. The van der Waals surface area contributed by atoms with Gasteiger partial charge in [0.05, 0.1) is 5.56 Å². The van der Waals surface area contributed by atoms with Crippen LogP contribution in [0.3, 0.4) is 0 Å². The van der Waals surface area contributed by atoms with Crippen LogP contribution in [-0.4, -0.2) is 35.9 Å². The molecule has 2 N–H and O–H groups in total. The minimum atomic E-state index is -4.48. The first-order chi connectivity index (χ1) is 13.7. The Morgan fingerprint density at radius 1 is 1.10 bits per heavy atom. The van der Waals surface area contributed by atoms with Crippen LogP contribution < -0.4 is 10.6 Å². The quantitative estimate of drug-likeness (QED) is 0.577. The Morgan fingerprint density at radius 2 is 1.69 bits per heavy atom. The molecule has 0 amide bonds. The molecule has 2 aromatic rings. The molecule has 0 bridgehead atoms. The molecule has 0 aromatic heterocycles. The molecule has 0 aliphatic carbocycles. The van der Waals surface area contributed by atoms with Crippen molar-refractivity contribution in [3.8, 4) is 0 Å². The Hall–Kier alpha value is -2.45. The van der Waals surface area contributed by atoms with Gasteiger partial charge in [0.15, 0.2) is 10.9 Å². The largest absolute Gasteiger partial charge is 0.416 e. The van der Waals surface area contributed by atoms with Gasteiger partial charge in [-0.1, -0.05) is 18.2 Å². The Kier molecular flexibility index (Phi) is 6.24. The highest BCUT2D eigenvalue weighted by Crippen LogP contribution is 2.34. The summed E-state index contributed by atoms with van der Waals surface area (Å²) in [6.07, 6.45) is -2.91. The second kappa shape index (κ2) is 8.51. The highest BCUT2D eigenvalue weighted by atomic mass is 32.1. The lowest BCUT2D eigenvalue weighted by Crippen LogP contribution is -2.34. The highest BCUT2D eigenvalue weighted by Gasteiger charge is 2.31. The number of hydrogen-bond acceptors (Lipinski definition) is 3. The summed E-state index contributed by atoms with van der Waals surface area (Å²) in [7, 11) is 2.02. The smallest absolute Gasteiger partial charge is 0.376 e. The van der Waals surface area contributed by atoms with E-state index in [1.54, 1.807) is 24.3 Å². The Balaban J connectivity index is 1.92. The van der Waals surface area contributed by atoms with E-state index in [0.717, 1.165) is 38.1 Å². The standard InChI is InChI=1S/C21H22F3N3OS/c1-26-10-8-14(9-11-26)19(28)15-4-2-6-17(12-15)27(20(25)29)18-7-3-5-16(13-18)21(22,23)24/h2-7,12-14H,8-11H2,1H3,(H2,25,29). The van der Waals surface area contributed by atoms with Crippen molar-refractivity contribution in [2.45, 2.75) is 19.0 Å². The van der Waals surface area contributed by atoms with Crippen molar-refractivity contribution in [1.82, 2.24) is 4.90 Å². The fourth-order valence-corrected chi connectivity index (χ4v) is 3.74. The first kappa shape index (κ1) is 21.3. The van der Waals surface area contributed by atoms with Crippen molar-refractivity contribution >= 4 is 34.5 Å². The number of alkyl halides is 3. The van der Waals surface area contributed by atoms with Crippen LogP contribution in [0.1, 0.15) is 28.8 Å². The van der Waals surface area contributed by atoms with E-state index in [-0.39, 0.29) is 22.5 Å². The van der Waals surface area contributed by atoms with E-state index >= 15 is 0 Å².